The first kappa shape index (κ1) is 21.4. The van der Waals surface area contributed by atoms with Crippen molar-refractivity contribution >= 4 is 32.4 Å². The summed E-state index contributed by atoms with van der Waals surface area (Å²) >= 11 is 0. The molecule has 156 valence electrons. The highest BCUT2D eigenvalue weighted by atomic mass is 32.2. The lowest BCUT2D eigenvalue weighted by atomic mass is 10.2. The third-order valence-corrected chi connectivity index (χ3v) is 8.83. The van der Waals surface area contributed by atoms with Crippen molar-refractivity contribution in [1.82, 2.24) is 9.21 Å². The van der Waals surface area contributed by atoms with E-state index >= 15 is 0 Å². The number of carbonyl (C=O) groups is 1. The van der Waals surface area contributed by atoms with Crippen LogP contribution in [0.1, 0.15) is 31.7 Å². The second-order valence-corrected chi connectivity index (χ2v) is 11.2. The molecule has 1 aromatic rings. The zero-order valence-corrected chi connectivity index (χ0v) is 18.2. The van der Waals surface area contributed by atoms with Gasteiger partial charge in [-0.2, -0.15) is 4.31 Å². The van der Waals surface area contributed by atoms with Crippen LogP contribution in [0.5, 0.6) is 0 Å². The smallest absolute Gasteiger partial charge is 0.243 e. The lowest BCUT2D eigenvalue weighted by molar-refractivity contribution is -0.117. The summed E-state index contributed by atoms with van der Waals surface area (Å²) in [5.41, 5.74) is 1.34. The van der Waals surface area contributed by atoms with Gasteiger partial charge in [-0.05, 0) is 44.4 Å². The molecule has 0 unspecified atom stereocenters. The molecule has 2 aliphatic heterocycles. The Morgan fingerprint density at radius 3 is 2.61 bits per heavy atom. The summed E-state index contributed by atoms with van der Waals surface area (Å²) in [6.07, 6.45) is 2.82. The van der Waals surface area contributed by atoms with Crippen molar-refractivity contribution in [3.8, 4) is 0 Å². The van der Waals surface area contributed by atoms with Gasteiger partial charge < -0.3 is 5.32 Å². The maximum absolute atomic E-state index is 12.9. The topological polar surface area (TPSA) is 86.8 Å². The van der Waals surface area contributed by atoms with Gasteiger partial charge in [0, 0.05) is 53.7 Å². The van der Waals surface area contributed by atoms with E-state index in [1.54, 1.807) is 18.2 Å². The van der Waals surface area contributed by atoms with Gasteiger partial charge in [0.05, 0.1) is 11.4 Å². The molecule has 0 saturated carbocycles. The van der Waals surface area contributed by atoms with Crippen LogP contribution in [0.3, 0.4) is 0 Å². The number of sulfonamides is 1. The fraction of sp³-hybridized carbons (Fsp3) is 0.632. The molecular weight excluding hydrogens is 398 g/mol. The van der Waals surface area contributed by atoms with E-state index in [1.807, 2.05) is 18.7 Å². The highest BCUT2D eigenvalue weighted by molar-refractivity contribution is 7.89. The Kier molecular flexibility index (Phi) is 6.90. The Bertz CT molecular complexity index is 851. The third kappa shape index (κ3) is 5.00. The number of aryl methyl sites for hydroxylation is 1. The maximum Gasteiger partial charge on any atom is 0.243 e. The van der Waals surface area contributed by atoms with Crippen LogP contribution >= 0.6 is 0 Å². The Morgan fingerprint density at radius 1 is 1.21 bits per heavy atom. The number of hydrogen-bond donors (Lipinski definition) is 1. The molecule has 1 amide bonds. The van der Waals surface area contributed by atoms with Crippen LogP contribution in [-0.2, 0) is 25.6 Å². The summed E-state index contributed by atoms with van der Waals surface area (Å²) < 4.78 is 39.0. The van der Waals surface area contributed by atoms with E-state index in [1.165, 1.54) is 4.31 Å². The molecule has 1 aromatic carbocycles. The van der Waals surface area contributed by atoms with Crippen LogP contribution in [0.15, 0.2) is 23.1 Å². The van der Waals surface area contributed by atoms with Gasteiger partial charge in [-0.25, -0.2) is 8.42 Å². The van der Waals surface area contributed by atoms with Crippen LogP contribution in [0, 0.1) is 6.92 Å². The van der Waals surface area contributed by atoms with Crippen LogP contribution < -0.4 is 5.32 Å². The molecule has 2 aliphatic rings. The van der Waals surface area contributed by atoms with Crippen molar-refractivity contribution < 1.29 is 17.4 Å². The van der Waals surface area contributed by atoms with Crippen molar-refractivity contribution in [2.45, 2.75) is 44.0 Å². The highest BCUT2D eigenvalue weighted by Gasteiger charge is 2.27. The number of hydrogen-bond acceptors (Lipinski definition) is 5. The van der Waals surface area contributed by atoms with Gasteiger partial charge in [0.2, 0.25) is 15.9 Å². The third-order valence-electron chi connectivity index (χ3n) is 5.44. The summed E-state index contributed by atoms with van der Waals surface area (Å²) in [5.74, 6) is 0.978. The molecule has 2 heterocycles. The first-order valence-electron chi connectivity index (χ1n) is 9.77. The molecule has 0 radical (unpaired) electrons. The average molecular weight is 428 g/mol. The fourth-order valence-electron chi connectivity index (χ4n) is 3.66. The molecule has 2 fully saturated rings. The molecule has 9 heteroatoms. The Hall–Kier alpha value is -1.29. The summed E-state index contributed by atoms with van der Waals surface area (Å²) in [4.78, 5) is 14.8. The van der Waals surface area contributed by atoms with Gasteiger partial charge in [0.1, 0.15) is 0 Å². The van der Waals surface area contributed by atoms with Gasteiger partial charge in [-0.1, -0.05) is 12.5 Å². The molecule has 0 aliphatic carbocycles. The molecule has 2 saturated heterocycles. The maximum atomic E-state index is 12.9. The van der Waals surface area contributed by atoms with Crippen molar-refractivity contribution in [1.29, 1.82) is 0 Å². The van der Waals surface area contributed by atoms with Gasteiger partial charge in [0.25, 0.3) is 0 Å². The number of benzene rings is 1. The SMILES string of the molecule is Cc1ccc(S(=O)(=O)N2CCCCC2)cc1NC(=O)CN1CC[S@@](=O)C[C@H]1C. The van der Waals surface area contributed by atoms with Crippen molar-refractivity contribution in [3.63, 3.8) is 0 Å². The number of nitrogens with one attached hydrogen (secondary N) is 1. The fourth-order valence-corrected chi connectivity index (χ4v) is 6.55. The van der Waals surface area contributed by atoms with Crippen molar-refractivity contribution in [2.24, 2.45) is 0 Å². The summed E-state index contributed by atoms with van der Waals surface area (Å²) in [6.45, 7) is 5.75. The second-order valence-electron chi connectivity index (χ2n) is 7.62. The van der Waals surface area contributed by atoms with Gasteiger partial charge in [0.15, 0.2) is 0 Å². The minimum absolute atomic E-state index is 0.0900. The normalized spacial score (nSPS) is 24.8. The van der Waals surface area contributed by atoms with E-state index in [9.17, 15) is 17.4 Å². The minimum atomic E-state index is -3.54. The van der Waals surface area contributed by atoms with Crippen molar-refractivity contribution in [2.75, 3.05) is 43.0 Å². The second kappa shape index (κ2) is 9.02. The van der Waals surface area contributed by atoms with Gasteiger partial charge in [-0.15, -0.1) is 0 Å². The van der Waals surface area contributed by atoms with E-state index in [-0.39, 0.29) is 23.4 Å². The lowest BCUT2D eigenvalue weighted by Gasteiger charge is -2.32. The molecule has 0 spiro atoms. The predicted octanol–water partition coefficient (Wildman–Crippen LogP) is 1.56. The van der Waals surface area contributed by atoms with E-state index in [2.05, 4.69) is 5.32 Å². The monoisotopic (exact) mass is 427 g/mol. The number of amides is 1. The van der Waals surface area contributed by atoms with E-state index in [0.29, 0.717) is 36.8 Å². The summed E-state index contributed by atoms with van der Waals surface area (Å²) in [5, 5.41) is 2.87. The standard InChI is InChI=1S/C19H29N3O4S2/c1-15-6-7-17(28(25,26)22-8-4-3-5-9-22)12-18(15)20-19(23)13-21-10-11-27(24)14-16(21)2/h6-7,12,16H,3-5,8-11,13-14H2,1-2H3,(H,20,23)/t16-,27-/m1/s1. The molecule has 0 aromatic heterocycles. The Balaban J connectivity index is 1.71. The number of carbonyl (C=O) groups excluding carboxylic acids is 1. The molecule has 7 nitrogen and oxygen atoms in total. The number of rotatable bonds is 5. The van der Waals surface area contributed by atoms with Gasteiger partial charge >= 0.3 is 0 Å². The summed E-state index contributed by atoms with van der Waals surface area (Å²) in [7, 11) is -4.35. The quantitative estimate of drug-likeness (QED) is 0.771. The number of anilines is 1. The molecule has 2 atom stereocenters. The molecular formula is C19H29N3O4S2. The van der Waals surface area contributed by atoms with Crippen LogP contribution in [0.4, 0.5) is 5.69 Å². The minimum Gasteiger partial charge on any atom is -0.325 e. The molecule has 1 N–H and O–H groups in total. The van der Waals surface area contributed by atoms with Crippen LogP contribution in [0.2, 0.25) is 0 Å². The number of nitrogens with zero attached hydrogens (tertiary/aromatic N) is 2. The summed E-state index contributed by atoms with van der Waals surface area (Å²) in [6, 6.07) is 4.99. The first-order chi connectivity index (χ1) is 13.3. The molecule has 0 bridgehead atoms. The van der Waals surface area contributed by atoms with Crippen LogP contribution in [-0.4, -0.2) is 71.5 Å². The van der Waals surface area contributed by atoms with Crippen molar-refractivity contribution in [3.05, 3.63) is 23.8 Å². The largest absolute Gasteiger partial charge is 0.325 e. The first-order valence-corrected chi connectivity index (χ1v) is 12.7. The average Bonchev–Trinajstić information content (AvgIpc) is 2.66. The molecule has 3 rings (SSSR count). The highest BCUT2D eigenvalue weighted by Crippen LogP contribution is 2.25. The Morgan fingerprint density at radius 2 is 1.93 bits per heavy atom. The van der Waals surface area contributed by atoms with Crippen LogP contribution in [0.25, 0.3) is 0 Å². The molecule has 28 heavy (non-hydrogen) atoms. The predicted molar refractivity (Wildman–Crippen MR) is 111 cm³/mol. The van der Waals surface area contributed by atoms with E-state index in [0.717, 1.165) is 24.8 Å². The van der Waals surface area contributed by atoms with E-state index < -0.39 is 20.8 Å². The number of piperidine rings is 1. The Labute approximate surface area is 170 Å². The zero-order valence-electron chi connectivity index (χ0n) is 16.5. The zero-order chi connectivity index (χ0) is 20.3. The van der Waals surface area contributed by atoms with Gasteiger partial charge in [-0.3, -0.25) is 13.9 Å². The van der Waals surface area contributed by atoms with E-state index in [4.69, 9.17) is 0 Å². The lowest BCUT2D eigenvalue weighted by Crippen LogP contribution is -2.48.